The number of carbonyl (C=O) groups excluding carboxylic acids is 3. The van der Waals surface area contributed by atoms with Crippen molar-refractivity contribution in [2.24, 2.45) is 0 Å². The number of para-hydroxylation sites is 2. The van der Waals surface area contributed by atoms with Crippen molar-refractivity contribution in [3.63, 3.8) is 0 Å². The molecule has 0 aliphatic rings. The summed E-state index contributed by atoms with van der Waals surface area (Å²) in [5.41, 5.74) is 4.15. The number of rotatable bonds is 14. The second kappa shape index (κ2) is 18.1. The van der Waals surface area contributed by atoms with Crippen LogP contribution in [0.3, 0.4) is 0 Å². The van der Waals surface area contributed by atoms with E-state index in [-0.39, 0.29) is 11.6 Å². The van der Waals surface area contributed by atoms with E-state index in [0.29, 0.717) is 40.6 Å². The number of nitrogens with one attached hydrogen (secondary N) is 3. The Hall–Kier alpha value is -6.58. The lowest BCUT2D eigenvalue weighted by molar-refractivity contribution is -0.116. The molecule has 9 heteroatoms. The number of anilines is 2. The summed E-state index contributed by atoms with van der Waals surface area (Å²) >= 11 is 1.38. The van der Waals surface area contributed by atoms with Crippen molar-refractivity contribution in [1.29, 1.82) is 0 Å². The van der Waals surface area contributed by atoms with Crippen LogP contribution in [0.1, 0.15) is 32.3 Å². The summed E-state index contributed by atoms with van der Waals surface area (Å²) < 4.78 is 11.3. The topological polar surface area (TPSA) is 106 Å². The van der Waals surface area contributed by atoms with Crippen LogP contribution < -0.4 is 25.4 Å². The van der Waals surface area contributed by atoms with Crippen molar-refractivity contribution in [3.05, 3.63) is 192 Å². The van der Waals surface area contributed by atoms with Gasteiger partial charge in [-0.3, -0.25) is 14.4 Å². The third-order valence-electron chi connectivity index (χ3n) is 8.04. The maximum absolute atomic E-state index is 13.7. The number of carbonyl (C=O) groups is 3. The number of hydrogen-bond acceptors (Lipinski definition) is 6. The first-order valence-electron chi connectivity index (χ1n) is 16.9. The van der Waals surface area contributed by atoms with Gasteiger partial charge in [-0.1, -0.05) is 103 Å². The van der Waals surface area contributed by atoms with Gasteiger partial charge in [-0.15, -0.1) is 11.8 Å². The summed E-state index contributed by atoms with van der Waals surface area (Å²) in [6, 6.07) is 49.8. The normalized spacial score (nSPS) is 11.5. The van der Waals surface area contributed by atoms with Crippen LogP contribution >= 0.6 is 11.8 Å². The minimum Gasteiger partial charge on any atom is -0.495 e. The number of ether oxygens (including phenoxy) is 2. The van der Waals surface area contributed by atoms with Crippen molar-refractivity contribution in [1.82, 2.24) is 5.32 Å². The summed E-state index contributed by atoms with van der Waals surface area (Å²) in [7, 11) is 1.56. The minimum absolute atomic E-state index is 0.0624. The Morgan fingerprint density at radius 3 is 1.98 bits per heavy atom. The van der Waals surface area contributed by atoms with E-state index < -0.39 is 17.1 Å². The fraction of sp³-hybridized carbons (Fsp3) is 0.0682. The Morgan fingerprint density at radius 1 is 0.679 bits per heavy atom. The smallest absolute Gasteiger partial charge is 0.272 e. The van der Waals surface area contributed by atoms with Crippen LogP contribution in [0.15, 0.2) is 174 Å². The Balaban J connectivity index is 1.17. The molecular formula is C44H37N3O5S. The second-order valence-electron chi connectivity index (χ2n) is 11.8. The van der Waals surface area contributed by atoms with Crippen LogP contribution in [0.25, 0.3) is 6.08 Å². The van der Waals surface area contributed by atoms with Crippen LogP contribution in [0.5, 0.6) is 11.5 Å². The van der Waals surface area contributed by atoms with Gasteiger partial charge >= 0.3 is 0 Å². The van der Waals surface area contributed by atoms with Crippen molar-refractivity contribution < 1.29 is 23.9 Å². The van der Waals surface area contributed by atoms with E-state index in [1.807, 2.05) is 115 Å². The van der Waals surface area contributed by atoms with Crippen molar-refractivity contribution in [2.45, 2.75) is 16.8 Å². The van der Waals surface area contributed by atoms with Crippen molar-refractivity contribution in [2.75, 3.05) is 17.7 Å². The van der Waals surface area contributed by atoms with E-state index in [9.17, 15) is 14.4 Å². The van der Waals surface area contributed by atoms with Gasteiger partial charge in [0.25, 0.3) is 11.8 Å². The molecule has 0 aliphatic carbocycles. The monoisotopic (exact) mass is 719 g/mol. The lowest BCUT2D eigenvalue weighted by Gasteiger charge is -2.18. The third kappa shape index (κ3) is 10.2. The Labute approximate surface area is 312 Å². The maximum atomic E-state index is 13.7. The van der Waals surface area contributed by atoms with Crippen LogP contribution in [-0.2, 0) is 16.2 Å². The van der Waals surface area contributed by atoms with Crippen molar-refractivity contribution in [3.8, 4) is 11.5 Å². The van der Waals surface area contributed by atoms with E-state index in [0.717, 1.165) is 16.0 Å². The largest absolute Gasteiger partial charge is 0.495 e. The molecule has 6 rings (SSSR count). The quantitative estimate of drug-likeness (QED) is 0.0766. The zero-order valence-corrected chi connectivity index (χ0v) is 29.7. The molecule has 264 valence electrons. The molecular weight excluding hydrogens is 683 g/mol. The van der Waals surface area contributed by atoms with Gasteiger partial charge in [0.2, 0.25) is 5.91 Å². The van der Waals surface area contributed by atoms with Gasteiger partial charge in [0.05, 0.1) is 12.8 Å². The summed E-state index contributed by atoms with van der Waals surface area (Å²) in [4.78, 5) is 41.3. The molecule has 3 N–H and O–H groups in total. The second-order valence-corrected chi connectivity index (χ2v) is 13.0. The molecule has 0 spiro atoms. The number of thioether (sulfide) groups is 1. The number of methoxy groups -OCH3 is 1. The van der Waals surface area contributed by atoms with Crippen LogP contribution in [-0.4, -0.2) is 24.8 Å². The molecule has 0 radical (unpaired) electrons. The average molecular weight is 720 g/mol. The van der Waals surface area contributed by atoms with Gasteiger partial charge < -0.3 is 25.4 Å². The molecule has 0 aromatic heterocycles. The van der Waals surface area contributed by atoms with Gasteiger partial charge in [-0.25, -0.2) is 0 Å². The first-order chi connectivity index (χ1) is 25.9. The van der Waals surface area contributed by atoms with Gasteiger partial charge in [0.1, 0.15) is 29.1 Å². The van der Waals surface area contributed by atoms with Gasteiger partial charge in [-0.05, 0) is 83.4 Å². The summed E-state index contributed by atoms with van der Waals surface area (Å²) in [6.07, 6.45) is 1.62. The highest BCUT2D eigenvalue weighted by Crippen LogP contribution is 2.37. The van der Waals surface area contributed by atoms with Crippen LogP contribution in [0.4, 0.5) is 11.4 Å². The molecule has 8 nitrogen and oxygen atoms in total. The Bertz CT molecular complexity index is 2160. The lowest BCUT2D eigenvalue weighted by Crippen LogP contribution is -2.30. The highest BCUT2D eigenvalue weighted by atomic mass is 32.2. The fourth-order valence-electron chi connectivity index (χ4n) is 5.31. The van der Waals surface area contributed by atoms with Gasteiger partial charge in [0.15, 0.2) is 0 Å². The molecule has 53 heavy (non-hydrogen) atoms. The zero-order valence-electron chi connectivity index (χ0n) is 28.9. The molecule has 6 aromatic rings. The lowest BCUT2D eigenvalue weighted by atomic mass is 10.1. The average Bonchev–Trinajstić information content (AvgIpc) is 3.21. The van der Waals surface area contributed by atoms with Crippen LogP contribution in [0.2, 0.25) is 0 Å². The number of benzene rings is 6. The number of hydrogen-bond donors (Lipinski definition) is 3. The predicted octanol–water partition coefficient (Wildman–Crippen LogP) is 9.16. The zero-order chi connectivity index (χ0) is 36.8. The first kappa shape index (κ1) is 36.2. The highest BCUT2D eigenvalue weighted by molar-refractivity contribution is 8.00. The van der Waals surface area contributed by atoms with E-state index in [1.54, 1.807) is 61.7 Å². The van der Waals surface area contributed by atoms with Gasteiger partial charge in [-0.2, -0.15) is 0 Å². The molecule has 3 amide bonds. The standard InChI is InChI=1S/C44H37N3O5S/c1-51-40-20-12-11-19-38(40)46-44(50)41(33-15-7-3-8-16-33)53-37-27-23-35(24-28-37)45-43(49)39(47-42(48)34-17-9-4-10-18-34)29-31-21-25-36(26-22-31)52-30-32-13-5-2-6-14-32/h2-29,41H,30H2,1H3,(H,45,49)(H,46,50)(H,47,48)/b39-29-. The SMILES string of the molecule is COc1ccccc1NC(=O)C(Sc1ccc(NC(=O)/C(=C/c2ccc(OCc3ccccc3)cc2)NC(=O)c2ccccc2)cc1)c1ccccc1. The summed E-state index contributed by atoms with van der Waals surface area (Å²) in [5, 5.41) is 8.11. The molecule has 0 heterocycles. The molecule has 0 bridgehead atoms. The number of amides is 3. The van der Waals surface area contributed by atoms with E-state index in [2.05, 4.69) is 16.0 Å². The maximum Gasteiger partial charge on any atom is 0.272 e. The highest BCUT2D eigenvalue weighted by Gasteiger charge is 2.23. The Kier molecular flexibility index (Phi) is 12.4. The Morgan fingerprint density at radius 2 is 1.30 bits per heavy atom. The summed E-state index contributed by atoms with van der Waals surface area (Å²) in [6.45, 7) is 0.428. The third-order valence-corrected chi connectivity index (χ3v) is 9.31. The molecule has 0 saturated carbocycles. The molecule has 1 unspecified atom stereocenters. The fourth-order valence-corrected chi connectivity index (χ4v) is 6.33. The molecule has 0 saturated heterocycles. The minimum atomic E-state index is -0.570. The van der Waals surface area contributed by atoms with E-state index in [4.69, 9.17) is 9.47 Å². The van der Waals surface area contributed by atoms with Crippen LogP contribution in [0, 0.1) is 0 Å². The predicted molar refractivity (Wildman–Crippen MR) is 211 cm³/mol. The first-order valence-corrected chi connectivity index (χ1v) is 17.7. The van der Waals surface area contributed by atoms with E-state index >= 15 is 0 Å². The van der Waals surface area contributed by atoms with Crippen molar-refractivity contribution >= 4 is 46.9 Å². The molecule has 1 atom stereocenters. The van der Waals surface area contributed by atoms with E-state index in [1.165, 1.54) is 11.8 Å². The molecule has 0 fully saturated rings. The summed E-state index contributed by atoms with van der Waals surface area (Å²) in [5.74, 6) is 0.117. The van der Waals surface area contributed by atoms with Gasteiger partial charge in [0, 0.05) is 16.1 Å². The molecule has 0 aliphatic heterocycles. The molecule has 6 aromatic carbocycles.